The highest BCUT2D eigenvalue weighted by Gasteiger charge is 2.14. The van der Waals surface area contributed by atoms with E-state index >= 15 is 0 Å². The average molecular weight is 253 g/mol. The summed E-state index contributed by atoms with van der Waals surface area (Å²) in [6.45, 7) is 9.65. The molecule has 0 aliphatic rings. The first-order valence-corrected chi connectivity index (χ1v) is 6.49. The van der Waals surface area contributed by atoms with Gasteiger partial charge in [-0.1, -0.05) is 27.7 Å². The summed E-state index contributed by atoms with van der Waals surface area (Å²) in [4.78, 5) is 6.02. The third-order valence-corrected chi connectivity index (χ3v) is 2.65. The van der Waals surface area contributed by atoms with Crippen LogP contribution in [0.25, 0.3) is 0 Å². The maximum absolute atomic E-state index is 14.3. The quantitative estimate of drug-likeness (QED) is 0.845. The number of rotatable bonds is 6. The van der Waals surface area contributed by atoms with Crippen LogP contribution in [0.3, 0.4) is 0 Å². The monoisotopic (exact) mass is 253 g/mol. The Balaban J connectivity index is 2.84. The van der Waals surface area contributed by atoms with Gasteiger partial charge in [0.05, 0.1) is 0 Å². The largest absolute Gasteiger partial charge is 0.357 e. The molecule has 0 aliphatic carbocycles. The molecule has 0 unspecified atom stereocenters. The molecule has 0 aliphatic heterocycles. The summed E-state index contributed by atoms with van der Waals surface area (Å²) in [6.07, 6.45) is 1.67. The van der Waals surface area contributed by atoms with E-state index in [9.17, 15) is 4.39 Å². The molecule has 0 fully saturated rings. The zero-order valence-corrected chi connectivity index (χ0v) is 12.0. The molecule has 4 heteroatoms. The molecule has 1 rings (SSSR count). The summed E-state index contributed by atoms with van der Waals surface area (Å²) in [6, 6.07) is 2.08. The highest BCUT2D eigenvalue weighted by Crippen LogP contribution is 2.19. The summed E-state index contributed by atoms with van der Waals surface area (Å²) < 4.78 is 14.3. The Morgan fingerprint density at radius 1 is 1.33 bits per heavy atom. The smallest absolute Gasteiger partial charge is 0.170 e. The fraction of sp³-hybridized carbons (Fsp3) is 0.643. The van der Waals surface area contributed by atoms with E-state index in [4.69, 9.17) is 0 Å². The summed E-state index contributed by atoms with van der Waals surface area (Å²) in [5, 5.41) is 3.22. The second kappa shape index (κ2) is 6.69. The Morgan fingerprint density at radius 3 is 2.56 bits per heavy atom. The van der Waals surface area contributed by atoms with Crippen molar-refractivity contribution in [3.8, 4) is 0 Å². The first kappa shape index (κ1) is 14.9. The lowest BCUT2D eigenvalue weighted by atomic mass is 10.2. The van der Waals surface area contributed by atoms with Gasteiger partial charge in [-0.3, -0.25) is 0 Å². The molecular formula is C14H24FN3. The van der Waals surface area contributed by atoms with Gasteiger partial charge in [0.2, 0.25) is 0 Å². The SMILES string of the molecule is CC(C)CN(C)c1nccc(CNC(C)C)c1F. The van der Waals surface area contributed by atoms with Crippen molar-refractivity contribution in [2.24, 2.45) is 5.92 Å². The molecule has 1 N–H and O–H groups in total. The summed E-state index contributed by atoms with van der Waals surface area (Å²) >= 11 is 0. The van der Waals surface area contributed by atoms with Crippen LogP contribution in [-0.4, -0.2) is 24.6 Å². The first-order valence-electron chi connectivity index (χ1n) is 6.49. The Kier molecular flexibility index (Phi) is 5.54. The number of pyridine rings is 1. The fourth-order valence-corrected chi connectivity index (χ4v) is 1.82. The van der Waals surface area contributed by atoms with Crippen molar-refractivity contribution in [3.63, 3.8) is 0 Å². The summed E-state index contributed by atoms with van der Waals surface area (Å²) in [5.74, 6) is 0.703. The van der Waals surface area contributed by atoms with Crippen LogP contribution < -0.4 is 10.2 Å². The molecule has 0 radical (unpaired) electrons. The Labute approximate surface area is 109 Å². The van der Waals surface area contributed by atoms with Crippen molar-refractivity contribution in [1.82, 2.24) is 10.3 Å². The lowest BCUT2D eigenvalue weighted by Gasteiger charge is -2.22. The van der Waals surface area contributed by atoms with E-state index < -0.39 is 0 Å². The molecule has 1 aromatic rings. The lowest BCUT2D eigenvalue weighted by Crippen LogP contribution is -2.26. The zero-order chi connectivity index (χ0) is 13.7. The van der Waals surface area contributed by atoms with Crippen LogP contribution in [0.4, 0.5) is 10.2 Å². The topological polar surface area (TPSA) is 28.2 Å². The number of nitrogens with one attached hydrogen (secondary N) is 1. The summed E-state index contributed by atoms with van der Waals surface area (Å²) in [7, 11) is 1.88. The number of anilines is 1. The van der Waals surface area contributed by atoms with Gasteiger partial charge in [0, 0.05) is 37.9 Å². The molecule has 3 nitrogen and oxygen atoms in total. The van der Waals surface area contributed by atoms with E-state index in [2.05, 4.69) is 24.1 Å². The van der Waals surface area contributed by atoms with Gasteiger partial charge in [-0.25, -0.2) is 9.37 Å². The van der Waals surface area contributed by atoms with E-state index in [1.165, 1.54) is 0 Å². The van der Waals surface area contributed by atoms with E-state index in [-0.39, 0.29) is 5.82 Å². The highest BCUT2D eigenvalue weighted by molar-refractivity contribution is 5.42. The van der Waals surface area contributed by atoms with E-state index in [0.29, 0.717) is 29.9 Å². The fourth-order valence-electron chi connectivity index (χ4n) is 1.82. The average Bonchev–Trinajstić information content (AvgIpc) is 2.26. The van der Waals surface area contributed by atoms with Crippen LogP contribution in [-0.2, 0) is 6.54 Å². The number of halogens is 1. The predicted octanol–water partition coefficient (Wildman–Crippen LogP) is 2.81. The first-order chi connectivity index (χ1) is 8.41. The van der Waals surface area contributed by atoms with E-state index in [1.54, 1.807) is 12.3 Å². The van der Waals surface area contributed by atoms with Gasteiger partial charge in [-0.15, -0.1) is 0 Å². The molecule has 0 atom stereocenters. The third kappa shape index (κ3) is 4.26. The van der Waals surface area contributed by atoms with Gasteiger partial charge >= 0.3 is 0 Å². The van der Waals surface area contributed by atoms with E-state index in [0.717, 1.165) is 6.54 Å². The molecule has 1 heterocycles. The van der Waals surface area contributed by atoms with Crippen LogP contribution >= 0.6 is 0 Å². The molecule has 0 saturated heterocycles. The number of hydrogen-bond donors (Lipinski definition) is 1. The molecule has 1 aromatic heterocycles. The number of aromatic nitrogens is 1. The molecule has 0 amide bonds. The highest BCUT2D eigenvalue weighted by atomic mass is 19.1. The zero-order valence-electron chi connectivity index (χ0n) is 12.0. The van der Waals surface area contributed by atoms with Gasteiger partial charge < -0.3 is 10.2 Å². The van der Waals surface area contributed by atoms with Crippen molar-refractivity contribution in [2.45, 2.75) is 40.3 Å². The lowest BCUT2D eigenvalue weighted by molar-refractivity contribution is 0.544. The molecule has 18 heavy (non-hydrogen) atoms. The second-order valence-electron chi connectivity index (χ2n) is 5.42. The second-order valence-corrected chi connectivity index (χ2v) is 5.42. The number of nitrogens with zero attached hydrogens (tertiary/aromatic N) is 2. The molecule has 0 spiro atoms. The number of hydrogen-bond acceptors (Lipinski definition) is 3. The van der Waals surface area contributed by atoms with Crippen LogP contribution in [0.5, 0.6) is 0 Å². The van der Waals surface area contributed by atoms with Crippen LogP contribution in [0.15, 0.2) is 12.3 Å². The minimum atomic E-state index is -0.214. The van der Waals surface area contributed by atoms with Crippen LogP contribution in [0.1, 0.15) is 33.3 Å². The van der Waals surface area contributed by atoms with E-state index in [1.807, 2.05) is 25.8 Å². The van der Waals surface area contributed by atoms with Gasteiger partial charge in [0.15, 0.2) is 11.6 Å². The normalized spacial score (nSPS) is 11.3. The van der Waals surface area contributed by atoms with Crippen molar-refractivity contribution in [2.75, 3.05) is 18.5 Å². The van der Waals surface area contributed by atoms with Gasteiger partial charge in [-0.05, 0) is 12.0 Å². The molecule has 0 aromatic carbocycles. The minimum absolute atomic E-state index is 0.214. The van der Waals surface area contributed by atoms with Gasteiger partial charge in [-0.2, -0.15) is 0 Å². The molecule has 0 saturated carbocycles. The maximum atomic E-state index is 14.3. The third-order valence-electron chi connectivity index (χ3n) is 2.65. The van der Waals surface area contributed by atoms with Crippen molar-refractivity contribution in [3.05, 3.63) is 23.6 Å². The Hall–Kier alpha value is -1.16. The minimum Gasteiger partial charge on any atom is -0.357 e. The predicted molar refractivity (Wildman–Crippen MR) is 74.3 cm³/mol. The van der Waals surface area contributed by atoms with Crippen molar-refractivity contribution in [1.29, 1.82) is 0 Å². The Bertz CT molecular complexity index is 377. The maximum Gasteiger partial charge on any atom is 0.170 e. The Morgan fingerprint density at radius 2 is 2.00 bits per heavy atom. The summed E-state index contributed by atoms with van der Waals surface area (Å²) in [5.41, 5.74) is 0.671. The molecule has 102 valence electrons. The standard InChI is InChI=1S/C14H24FN3/c1-10(2)9-18(5)14-13(15)12(6-7-16-14)8-17-11(3)4/h6-7,10-11,17H,8-9H2,1-5H3. The van der Waals surface area contributed by atoms with Crippen LogP contribution in [0, 0.1) is 11.7 Å². The van der Waals surface area contributed by atoms with Gasteiger partial charge in [0.25, 0.3) is 0 Å². The molecular weight excluding hydrogens is 229 g/mol. The molecule has 0 bridgehead atoms. The van der Waals surface area contributed by atoms with Crippen LogP contribution in [0.2, 0.25) is 0 Å². The van der Waals surface area contributed by atoms with Gasteiger partial charge in [0.1, 0.15) is 0 Å². The van der Waals surface area contributed by atoms with Crippen molar-refractivity contribution < 1.29 is 4.39 Å². The van der Waals surface area contributed by atoms with Crippen molar-refractivity contribution >= 4 is 5.82 Å².